The molecule has 0 aromatic carbocycles. The van der Waals surface area contributed by atoms with Crippen molar-refractivity contribution in [1.82, 2.24) is 0 Å². The van der Waals surface area contributed by atoms with Gasteiger partial charge in [0.2, 0.25) is 0 Å². The number of aliphatic hydroxyl groups is 1. The second-order valence-corrected chi connectivity index (χ2v) is 11.5. The second-order valence-electron chi connectivity index (χ2n) is 11.5. The first kappa shape index (κ1) is 22.6. The smallest absolute Gasteiger partial charge is 0.155 e. The summed E-state index contributed by atoms with van der Waals surface area (Å²) >= 11 is 0. The summed E-state index contributed by atoms with van der Waals surface area (Å²) in [6, 6.07) is 0. The molecule has 0 heterocycles. The van der Waals surface area contributed by atoms with Crippen molar-refractivity contribution < 1.29 is 14.6 Å². The van der Waals surface area contributed by atoms with Crippen LogP contribution in [-0.2, 0) is 9.47 Å². The van der Waals surface area contributed by atoms with Gasteiger partial charge in [-0.3, -0.25) is 0 Å². The highest BCUT2D eigenvalue weighted by molar-refractivity contribution is 5.23. The van der Waals surface area contributed by atoms with E-state index in [9.17, 15) is 5.11 Å². The number of hydrogen-bond acceptors (Lipinski definition) is 3. The lowest BCUT2D eigenvalue weighted by Crippen LogP contribution is -2.56. The van der Waals surface area contributed by atoms with Gasteiger partial charge in [0.15, 0.2) is 6.29 Å². The van der Waals surface area contributed by atoms with Crippen LogP contribution in [0, 0.1) is 46.8 Å². The average Bonchev–Trinajstić information content (AvgIpc) is 3.00. The minimum absolute atomic E-state index is 0.0856. The number of fused-ring (bicyclic) bond motifs is 5. The highest BCUT2D eigenvalue weighted by atomic mass is 16.7. The van der Waals surface area contributed by atoms with Crippen molar-refractivity contribution in [3.05, 3.63) is 0 Å². The predicted molar refractivity (Wildman–Crippen MR) is 121 cm³/mol. The molecule has 0 spiro atoms. The SMILES string of the molecule is C#CC1(O)CC[C@H]2[C@@H]3CCC4CC(OC(C)OCCCC)CC[C@]4(C)[C@@H]3CC[C@@]21C. The van der Waals surface area contributed by atoms with E-state index >= 15 is 0 Å². The number of rotatable bonds is 6. The Morgan fingerprint density at radius 3 is 2.57 bits per heavy atom. The predicted octanol–water partition coefficient (Wildman–Crippen LogP) is 5.94. The standard InChI is InChI=1S/C27H44O3/c1-6-8-17-29-19(3)30-21-11-14-25(4)20(18-21)9-10-22-23(25)12-15-26(5)24(22)13-16-27(26,28)7-2/h2,19-24,28H,6,8-18H2,1,3-5H3/t19?,20?,21?,22-,23-,24+,25+,26+,27?/m1/s1. The van der Waals surface area contributed by atoms with E-state index in [0.717, 1.165) is 62.9 Å². The molecule has 4 fully saturated rings. The summed E-state index contributed by atoms with van der Waals surface area (Å²) < 4.78 is 12.2. The summed E-state index contributed by atoms with van der Waals surface area (Å²) in [4.78, 5) is 0. The first-order chi connectivity index (χ1) is 14.3. The molecular formula is C27H44O3. The summed E-state index contributed by atoms with van der Waals surface area (Å²) in [5.74, 6) is 5.69. The van der Waals surface area contributed by atoms with Gasteiger partial charge in [-0.15, -0.1) is 6.42 Å². The zero-order valence-corrected chi connectivity index (χ0v) is 19.8. The summed E-state index contributed by atoms with van der Waals surface area (Å²) in [6.07, 6.45) is 18.8. The fourth-order valence-corrected chi connectivity index (χ4v) is 8.30. The van der Waals surface area contributed by atoms with Crippen molar-refractivity contribution in [3.8, 4) is 12.3 Å². The van der Waals surface area contributed by atoms with Gasteiger partial charge in [0, 0.05) is 12.0 Å². The highest BCUT2D eigenvalue weighted by Gasteiger charge is 2.64. The fourth-order valence-electron chi connectivity index (χ4n) is 8.30. The molecule has 4 aliphatic rings. The fraction of sp³-hybridized carbons (Fsp3) is 0.926. The van der Waals surface area contributed by atoms with Crippen LogP contribution in [0.5, 0.6) is 0 Å². The molecule has 1 N–H and O–H groups in total. The number of hydrogen-bond donors (Lipinski definition) is 1. The minimum atomic E-state index is -0.889. The maximum absolute atomic E-state index is 11.2. The Bertz CT molecular complexity index is 655. The molecule has 4 rings (SSSR count). The molecule has 0 saturated heterocycles. The molecule has 0 aliphatic heterocycles. The lowest BCUT2D eigenvalue weighted by atomic mass is 9.44. The van der Waals surface area contributed by atoms with Gasteiger partial charge < -0.3 is 14.6 Å². The number of ether oxygens (including phenoxy) is 2. The Morgan fingerprint density at radius 2 is 1.83 bits per heavy atom. The van der Waals surface area contributed by atoms with Crippen molar-refractivity contribution in [1.29, 1.82) is 0 Å². The Balaban J connectivity index is 1.41. The van der Waals surface area contributed by atoms with Crippen molar-refractivity contribution in [2.24, 2.45) is 34.5 Å². The van der Waals surface area contributed by atoms with Crippen molar-refractivity contribution in [3.63, 3.8) is 0 Å². The summed E-state index contributed by atoms with van der Waals surface area (Å²) in [7, 11) is 0. The molecule has 4 aliphatic carbocycles. The molecule has 170 valence electrons. The van der Waals surface area contributed by atoms with Crippen LogP contribution < -0.4 is 0 Å². The van der Waals surface area contributed by atoms with E-state index in [1.807, 2.05) is 0 Å². The van der Waals surface area contributed by atoms with E-state index in [2.05, 4.69) is 33.6 Å². The van der Waals surface area contributed by atoms with Crippen LogP contribution in [0.3, 0.4) is 0 Å². The van der Waals surface area contributed by atoms with Crippen LogP contribution >= 0.6 is 0 Å². The molecule has 0 radical (unpaired) electrons. The van der Waals surface area contributed by atoms with Gasteiger partial charge in [-0.25, -0.2) is 0 Å². The third-order valence-electron chi connectivity index (χ3n) is 10.2. The highest BCUT2D eigenvalue weighted by Crippen LogP contribution is 2.68. The minimum Gasteiger partial charge on any atom is -0.377 e. The largest absolute Gasteiger partial charge is 0.377 e. The van der Waals surface area contributed by atoms with E-state index < -0.39 is 5.60 Å². The molecule has 30 heavy (non-hydrogen) atoms. The first-order valence-corrected chi connectivity index (χ1v) is 12.7. The van der Waals surface area contributed by atoms with Crippen molar-refractivity contribution in [2.75, 3.05) is 6.61 Å². The average molecular weight is 417 g/mol. The molecule has 9 atom stereocenters. The monoisotopic (exact) mass is 416 g/mol. The second kappa shape index (κ2) is 8.42. The van der Waals surface area contributed by atoms with E-state index in [-0.39, 0.29) is 11.7 Å². The van der Waals surface area contributed by atoms with Crippen LogP contribution in [-0.4, -0.2) is 29.7 Å². The van der Waals surface area contributed by atoms with Gasteiger partial charge >= 0.3 is 0 Å². The zero-order valence-electron chi connectivity index (χ0n) is 19.8. The Labute approximate surface area is 184 Å². The normalized spacial score (nSPS) is 48.9. The van der Waals surface area contributed by atoms with E-state index in [1.54, 1.807) is 0 Å². The van der Waals surface area contributed by atoms with Gasteiger partial charge in [-0.2, -0.15) is 0 Å². The zero-order chi connectivity index (χ0) is 21.6. The maximum atomic E-state index is 11.2. The number of unbranched alkanes of at least 4 members (excludes halogenated alkanes) is 1. The Morgan fingerprint density at radius 1 is 1.07 bits per heavy atom. The summed E-state index contributed by atoms with van der Waals surface area (Å²) in [5.41, 5.74) is -0.551. The quantitative estimate of drug-likeness (QED) is 0.331. The lowest BCUT2D eigenvalue weighted by molar-refractivity contribution is -0.195. The molecule has 4 saturated carbocycles. The molecule has 0 aromatic rings. The topological polar surface area (TPSA) is 38.7 Å². The third kappa shape index (κ3) is 3.56. The van der Waals surface area contributed by atoms with Gasteiger partial charge in [0.05, 0.1) is 6.10 Å². The maximum Gasteiger partial charge on any atom is 0.155 e. The van der Waals surface area contributed by atoms with Crippen LogP contribution in [0.1, 0.15) is 98.3 Å². The van der Waals surface area contributed by atoms with E-state index in [1.165, 1.54) is 32.1 Å². The van der Waals surface area contributed by atoms with Gasteiger partial charge in [-0.1, -0.05) is 33.1 Å². The molecule has 3 heteroatoms. The van der Waals surface area contributed by atoms with Gasteiger partial charge in [0.1, 0.15) is 5.60 Å². The summed E-state index contributed by atoms with van der Waals surface area (Å²) in [5, 5.41) is 11.2. The van der Waals surface area contributed by atoms with Gasteiger partial charge in [-0.05, 0) is 100 Å². The van der Waals surface area contributed by atoms with Crippen LogP contribution in [0.4, 0.5) is 0 Å². The Hall–Kier alpha value is -0.560. The van der Waals surface area contributed by atoms with E-state index in [4.69, 9.17) is 15.9 Å². The molecule has 4 unspecified atom stereocenters. The Kier molecular flexibility index (Phi) is 6.35. The van der Waals surface area contributed by atoms with Crippen molar-refractivity contribution >= 4 is 0 Å². The van der Waals surface area contributed by atoms with Crippen molar-refractivity contribution in [2.45, 2.75) is 116 Å². The molecule has 3 nitrogen and oxygen atoms in total. The molecule has 0 amide bonds. The molecule has 0 bridgehead atoms. The van der Waals surface area contributed by atoms with Crippen LogP contribution in [0.15, 0.2) is 0 Å². The van der Waals surface area contributed by atoms with Crippen LogP contribution in [0.25, 0.3) is 0 Å². The van der Waals surface area contributed by atoms with Crippen LogP contribution in [0.2, 0.25) is 0 Å². The lowest BCUT2D eigenvalue weighted by Gasteiger charge is -2.61. The first-order valence-electron chi connectivity index (χ1n) is 12.7. The van der Waals surface area contributed by atoms with E-state index in [0.29, 0.717) is 17.4 Å². The number of terminal acetylenes is 1. The molecular weight excluding hydrogens is 372 g/mol. The molecule has 0 aromatic heterocycles. The summed E-state index contributed by atoms with van der Waals surface area (Å²) in [6.45, 7) is 9.94. The third-order valence-corrected chi connectivity index (χ3v) is 10.2. The van der Waals surface area contributed by atoms with Gasteiger partial charge in [0.25, 0.3) is 0 Å².